The summed E-state index contributed by atoms with van der Waals surface area (Å²) in [6.45, 7) is 4.33. The van der Waals surface area contributed by atoms with Gasteiger partial charge in [0.25, 0.3) is 0 Å². The van der Waals surface area contributed by atoms with Gasteiger partial charge in [0.2, 0.25) is 0 Å². The summed E-state index contributed by atoms with van der Waals surface area (Å²) in [7, 11) is 1.76. The van der Waals surface area contributed by atoms with E-state index in [1.54, 1.807) is 18.4 Å². The van der Waals surface area contributed by atoms with Crippen LogP contribution < -0.4 is 0 Å². The summed E-state index contributed by atoms with van der Waals surface area (Å²) in [5.41, 5.74) is -0.368. The van der Waals surface area contributed by atoms with Crippen molar-refractivity contribution in [3.05, 3.63) is 21.9 Å². The zero-order valence-electron chi connectivity index (χ0n) is 12.1. The van der Waals surface area contributed by atoms with Crippen molar-refractivity contribution in [2.75, 3.05) is 7.11 Å². The van der Waals surface area contributed by atoms with E-state index in [9.17, 15) is 0 Å². The van der Waals surface area contributed by atoms with Gasteiger partial charge in [-0.15, -0.1) is 11.3 Å². The van der Waals surface area contributed by atoms with E-state index < -0.39 is 0 Å². The molecule has 3 nitrogen and oxygen atoms in total. The van der Waals surface area contributed by atoms with E-state index in [4.69, 9.17) is 21.3 Å². The first-order valence-electron chi connectivity index (χ1n) is 7.03. The largest absolute Gasteiger partial charge is 0.370 e. The molecule has 1 aliphatic rings. The molecule has 0 aromatic carbocycles. The Balaban J connectivity index is 2.11. The zero-order chi connectivity index (χ0) is 14.3. The molecular formula is C15H19ClN2OS. The van der Waals surface area contributed by atoms with Gasteiger partial charge in [-0.3, -0.25) is 0 Å². The quantitative estimate of drug-likeness (QED) is 0.754. The molecule has 1 fully saturated rings. The number of aromatic nitrogens is 2. The second kappa shape index (κ2) is 5.24. The van der Waals surface area contributed by atoms with Gasteiger partial charge >= 0.3 is 0 Å². The summed E-state index contributed by atoms with van der Waals surface area (Å²) in [6.07, 6.45) is 4.34. The Kier molecular flexibility index (Phi) is 3.73. The van der Waals surface area contributed by atoms with Crippen LogP contribution in [-0.4, -0.2) is 17.1 Å². The molecule has 5 heteroatoms. The van der Waals surface area contributed by atoms with Gasteiger partial charge in [0.15, 0.2) is 5.82 Å². The van der Waals surface area contributed by atoms with Crippen molar-refractivity contribution >= 4 is 33.2 Å². The van der Waals surface area contributed by atoms with E-state index in [1.165, 1.54) is 11.3 Å². The van der Waals surface area contributed by atoms with E-state index in [-0.39, 0.29) is 5.60 Å². The molecule has 3 rings (SSSR count). The Morgan fingerprint density at radius 1 is 1.45 bits per heavy atom. The van der Waals surface area contributed by atoms with Crippen LogP contribution in [0.25, 0.3) is 10.2 Å². The molecule has 0 spiro atoms. The Labute approximate surface area is 128 Å². The van der Waals surface area contributed by atoms with E-state index in [1.807, 2.05) is 0 Å². The topological polar surface area (TPSA) is 35.0 Å². The summed E-state index contributed by atoms with van der Waals surface area (Å²) in [6, 6.07) is 2.05. The van der Waals surface area contributed by atoms with Crippen LogP contribution in [0.4, 0.5) is 0 Å². The predicted octanol–water partition coefficient (Wildman–Crippen LogP) is 4.70. The van der Waals surface area contributed by atoms with Crippen LogP contribution in [0.2, 0.25) is 5.15 Å². The van der Waals surface area contributed by atoms with Gasteiger partial charge in [0, 0.05) is 17.4 Å². The fraction of sp³-hybridized carbons (Fsp3) is 0.600. The number of nitrogens with zero attached hydrogens (tertiary/aromatic N) is 2. The standard InChI is InChI=1S/C15H19ClN2OS/c1-9-5-4-6-15(8-9,19-3)14-17-12(16)11-7-10(2)20-13(11)18-14/h7,9H,4-6,8H2,1-3H3. The molecule has 0 aliphatic heterocycles. The summed E-state index contributed by atoms with van der Waals surface area (Å²) >= 11 is 8.01. The van der Waals surface area contributed by atoms with Gasteiger partial charge < -0.3 is 4.74 Å². The van der Waals surface area contributed by atoms with Crippen molar-refractivity contribution < 1.29 is 4.74 Å². The fourth-order valence-electron chi connectivity index (χ4n) is 3.19. The first-order chi connectivity index (χ1) is 9.54. The maximum Gasteiger partial charge on any atom is 0.163 e. The molecule has 0 N–H and O–H groups in total. The highest BCUT2D eigenvalue weighted by Crippen LogP contribution is 2.42. The molecular weight excluding hydrogens is 292 g/mol. The fourth-order valence-corrected chi connectivity index (χ4v) is 4.35. The van der Waals surface area contributed by atoms with Gasteiger partial charge in [0.05, 0.1) is 0 Å². The SMILES string of the molecule is COC1(c2nc(Cl)c3cc(C)sc3n2)CCCC(C)C1. The lowest BCUT2D eigenvalue weighted by Crippen LogP contribution is -2.36. The molecule has 2 aromatic rings. The Morgan fingerprint density at radius 3 is 2.95 bits per heavy atom. The third kappa shape index (κ3) is 2.34. The summed E-state index contributed by atoms with van der Waals surface area (Å²) in [5, 5.41) is 1.50. The summed E-state index contributed by atoms with van der Waals surface area (Å²) in [4.78, 5) is 11.5. The van der Waals surface area contributed by atoms with Crippen LogP contribution >= 0.6 is 22.9 Å². The third-order valence-electron chi connectivity index (χ3n) is 4.22. The van der Waals surface area contributed by atoms with Gasteiger partial charge in [0.1, 0.15) is 15.6 Å². The number of ether oxygens (including phenoxy) is 1. The van der Waals surface area contributed by atoms with Crippen LogP contribution in [0.3, 0.4) is 0 Å². The molecule has 1 saturated carbocycles. The highest BCUT2D eigenvalue weighted by molar-refractivity contribution is 7.18. The number of aryl methyl sites for hydroxylation is 1. The molecule has 2 unspecified atom stereocenters. The highest BCUT2D eigenvalue weighted by atomic mass is 35.5. The molecule has 2 aromatic heterocycles. The number of methoxy groups -OCH3 is 1. The molecule has 108 valence electrons. The summed E-state index contributed by atoms with van der Waals surface area (Å²) in [5.74, 6) is 1.39. The summed E-state index contributed by atoms with van der Waals surface area (Å²) < 4.78 is 5.87. The van der Waals surface area contributed by atoms with Crippen molar-refractivity contribution in [1.29, 1.82) is 0 Å². The maximum absolute atomic E-state index is 6.35. The number of fused-ring (bicyclic) bond motifs is 1. The van der Waals surface area contributed by atoms with Gasteiger partial charge in [-0.1, -0.05) is 24.9 Å². The van der Waals surface area contributed by atoms with E-state index >= 15 is 0 Å². The average molecular weight is 311 g/mol. The smallest absolute Gasteiger partial charge is 0.163 e. The number of rotatable bonds is 2. The lowest BCUT2D eigenvalue weighted by atomic mass is 9.78. The number of thiophene rings is 1. The minimum absolute atomic E-state index is 0.368. The van der Waals surface area contributed by atoms with Crippen molar-refractivity contribution in [2.24, 2.45) is 5.92 Å². The molecule has 0 radical (unpaired) electrons. The van der Waals surface area contributed by atoms with Crippen LogP contribution in [-0.2, 0) is 10.3 Å². The van der Waals surface area contributed by atoms with Crippen LogP contribution in [0.15, 0.2) is 6.07 Å². The lowest BCUT2D eigenvalue weighted by molar-refractivity contribution is -0.0643. The molecule has 2 atom stereocenters. The number of hydrogen-bond donors (Lipinski definition) is 0. The predicted molar refractivity (Wildman–Crippen MR) is 83.5 cm³/mol. The first kappa shape index (κ1) is 14.2. The molecule has 0 bridgehead atoms. The molecule has 0 amide bonds. The Morgan fingerprint density at radius 2 is 2.25 bits per heavy atom. The van der Waals surface area contributed by atoms with Crippen LogP contribution in [0.5, 0.6) is 0 Å². The van der Waals surface area contributed by atoms with E-state index in [0.29, 0.717) is 11.1 Å². The number of hydrogen-bond acceptors (Lipinski definition) is 4. The Bertz CT molecular complexity index is 642. The van der Waals surface area contributed by atoms with Gasteiger partial charge in [-0.2, -0.15) is 0 Å². The molecule has 20 heavy (non-hydrogen) atoms. The monoisotopic (exact) mass is 310 g/mol. The number of halogens is 1. The van der Waals surface area contributed by atoms with Crippen LogP contribution in [0, 0.1) is 12.8 Å². The highest BCUT2D eigenvalue weighted by Gasteiger charge is 2.39. The van der Waals surface area contributed by atoms with E-state index in [2.05, 4.69) is 24.9 Å². The minimum atomic E-state index is -0.368. The average Bonchev–Trinajstić information content (AvgIpc) is 2.79. The Hall–Kier alpha value is -0.710. The molecule has 0 saturated heterocycles. The molecule has 2 heterocycles. The van der Waals surface area contributed by atoms with Crippen molar-refractivity contribution in [3.63, 3.8) is 0 Å². The van der Waals surface area contributed by atoms with Crippen molar-refractivity contribution in [2.45, 2.75) is 45.1 Å². The van der Waals surface area contributed by atoms with Crippen LogP contribution in [0.1, 0.15) is 43.3 Å². The van der Waals surface area contributed by atoms with E-state index in [0.717, 1.165) is 35.3 Å². The normalized spacial score (nSPS) is 27.1. The second-order valence-electron chi connectivity index (χ2n) is 5.81. The van der Waals surface area contributed by atoms with Crippen molar-refractivity contribution in [3.8, 4) is 0 Å². The second-order valence-corrected chi connectivity index (χ2v) is 7.41. The minimum Gasteiger partial charge on any atom is -0.370 e. The van der Waals surface area contributed by atoms with Crippen molar-refractivity contribution in [1.82, 2.24) is 9.97 Å². The lowest BCUT2D eigenvalue weighted by Gasteiger charge is -2.37. The van der Waals surface area contributed by atoms with Gasteiger partial charge in [-0.05, 0) is 38.2 Å². The first-order valence-corrected chi connectivity index (χ1v) is 8.23. The third-order valence-corrected chi connectivity index (χ3v) is 5.46. The molecule has 1 aliphatic carbocycles. The van der Waals surface area contributed by atoms with Gasteiger partial charge in [-0.25, -0.2) is 9.97 Å². The maximum atomic E-state index is 6.35. The zero-order valence-corrected chi connectivity index (χ0v) is 13.6.